The standard InChI is InChI=1S/C15H22O2/c1-10-5-3-4-6-12(10)7-13-9-15-14(16-15,17-15)8-11(13)2/h9-12H,3-8H2,1-2H3. The number of allylic oxidation sites excluding steroid dienone is 1. The number of rotatable bonds is 2. The summed E-state index contributed by atoms with van der Waals surface area (Å²) in [5.41, 5.74) is 1.61. The zero-order valence-electron chi connectivity index (χ0n) is 10.9. The van der Waals surface area contributed by atoms with Gasteiger partial charge in [0.2, 0.25) is 11.6 Å². The second-order valence-corrected chi connectivity index (χ2v) is 6.67. The van der Waals surface area contributed by atoms with Crippen LogP contribution in [0.25, 0.3) is 0 Å². The first-order valence-electron chi connectivity index (χ1n) is 7.26. The maximum absolute atomic E-state index is 5.66. The molecule has 3 atom stereocenters. The summed E-state index contributed by atoms with van der Waals surface area (Å²) >= 11 is 0. The van der Waals surface area contributed by atoms with Gasteiger partial charge in [-0.1, -0.05) is 38.7 Å². The molecule has 0 bridgehead atoms. The van der Waals surface area contributed by atoms with Crippen molar-refractivity contribution in [3.63, 3.8) is 0 Å². The smallest absolute Gasteiger partial charge is 0.249 e. The molecule has 2 nitrogen and oxygen atoms in total. The molecule has 94 valence electrons. The van der Waals surface area contributed by atoms with E-state index in [1.54, 1.807) is 5.57 Å². The van der Waals surface area contributed by atoms with E-state index in [2.05, 4.69) is 19.9 Å². The van der Waals surface area contributed by atoms with Crippen LogP contribution in [-0.4, -0.2) is 11.6 Å². The van der Waals surface area contributed by atoms with Gasteiger partial charge in [0.25, 0.3) is 0 Å². The Morgan fingerprint density at radius 1 is 1.24 bits per heavy atom. The first kappa shape index (κ1) is 10.6. The molecule has 0 radical (unpaired) electrons. The summed E-state index contributed by atoms with van der Waals surface area (Å²) in [5, 5.41) is 0. The predicted molar refractivity (Wildman–Crippen MR) is 65.2 cm³/mol. The van der Waals surface area contributed by atoms with Crippen LogP contribution in [0.3, 0.4) is 0 Å². The lowest BCUT2D eigenvalue weighted by atomic mass is 9.74. The first-order chi connectivity index (χ1) is 8.14. The highest BCUT2D eigenvalue weighted by molar-refractivity contribution is 5.36. The molecule has 0 aromatic rings. The van der Waals surface area contributed by atoms with Crippen molar-refractivity contribution in [1.82, 2.24) is 0 Å². The van der Waals surface area contributed by atoms with Crippen molar-refractivity contribution in [3.05, 3.63) is 11.6 Å². The molecule has 1 saturated carbocycles. The van der Waals surface area contributed by atoms with Crippen molar-refractivity contribution in [1.29, 1.82) is 0 Å². The third-order valence-electron chi connectivity index (χ3n) is 5.45. The minimum absolute atomic E-state index is 0.145. The van der Waals surface area contributed by atoms with Crippen LogP contribution >= 0.6 is 0 Å². The van der Waals surface area contributed by atoms with Crippen molar-refractivity contribution in [2.75, 3.05) is 0 Å². The molecular formula is C15H22O2. The number of hydrogen-bond donors (Lipinski definition) is 0. The average molecular weight is 234 g/mol. The van der Waals surface area contributed by atoms with Gasteiger partial charge in [-0.05, 0) is 36.7 Å². The Bertz CT molecular complexity index is 378. The highest BCUT2D eigenvalue weighted by Gasteiger charge is 2.90. The van der Waals surface area contributed by atoms with Crippen molar-refractivity contribution in [2.24, 2.45) is 17.8 Å². The van der Waals surface area contributed by atoms with E-state index in [-0.39, 0.29) is 11.6 Å². The third-order valence-corrected chi connectivity index (χ3v) is 5.45. The van der Waals surface area contributed by atoms with Gasteiger partial charge in [-0.25, -0.2) is 0 Å². The number of ether oxygens (including phenoxy) is 2. The van der Waals surface area contributed by atoms with Crippen LogP contribution in [0.5, 0.6) is 0 Å². The van der Waals surface area contributed by atoms with E-state index < -0.39 is 0 Å². The zero-order chi connectivity index (χ0) is 11.7. The van der Waals surface area contributed by atoms with Gasteiger partial charge >= 0.3 is 0 Å². The second-order valence-electron chi connectivity index (χ2n) is 6.67. The van der Waals surface area contributed by atoms with Gasteiger partial charge in [0, 0.05) is 6.42 Å². The van der Waals surface area contributed by atoms with Crippen LogP contribution < -0.4 is 0 Å². The van der Waals surface area contributed by atoms with Crippen LogP contribution in [-0.2, 0) is 9.47 Å². The largest absolute Gasteiger partial charge is 0.303 e. The fraction of sp³-hybridized carbons (Fsp3) is 0.867. The summed E-state index contributed by atoms with van der Waals surface area (Å²) in [6.45, 7) is 4.77. The molecule has 0 aromatic heterocycles. The van der Waals surface area contributed by atoms with Crippen molar-refractivity contribution < 1.29 is 9.47 Å². The minimum Gasteiger partial charge on any atom is -0.303 e. The number of epoxide rings is 2. The van der Waals surface area contributed by atoms with Gasteiger partial charge < -0.3 is 9.47 Å². The summed E-state index contributed by atoms with van der Waals surface area (Å²) < 4.78 is 11.3. The Morgan fingerprint density at radius 2 is 2.00 bits per heavy atom. The Hall–Kier alpha value is -0.340. The lowest BCUT2D eigenvalue weighted by Gasteiger charge is -2.31. The van der Waals surface area contributed by atoms with Gasteiger partial charge in [0.15, 0.2) is 0 Å². The fourth-order valence-electron chi connectivity index (χ4n) is 4.02. The monoisotopic (exact) mass is 234 g/mol. The maximum atomic E-state index is 5.66. The van der Waals surface area contributed by atoms with Crippen molar-refractivity contribution >= 4 is 0 Å². The molecule has 2 aliphatic heterocycles. The maximum Gasteiger partial charge on any atom is 0.249 e. The molecule has 3 unspecified atom stereocenters. The molecule has 17 heavy (non-hydrogen) atoms. The van der Waals surface area contributed by atoms with E-state index >= 15 is 0 Å². The molecule has 4 rings (SSSR count). The predicted octanol–water partition coefficient (Wildman–Crippen LogP) is 3.62. The summed E-state index contributed by atoms with van der Waals surface area (Å²) in [4.78, 5) is 0. The Labute approximate surface area is 103 Å². The first-order valence-corrected chi connectivity index (χ1v) is 7.26. The molecule has 0 aromatic carbocycles. The van der Waals surface area contributed by atoms with Gasteiger partial charge in [-0.3, -0.25) is 0 Å². The second kappa shape index (κ2) is 3.16. The van der Waals surface area contributed by atoms with E-state index in [1.165, 1.54) is 32.1 Å². The molecule has 4 aliphatic rings. The van der Waals surface area contributed by atoms with E-state index in [1.807, 2.05) is 0 Å². The van der Waals surface area contributed by atoms with Gasteiger partial charge in [0.05, 0.1) is 0 Å². The van der Waals surface area contributed by atoms with E-state index in [4.69, 9.17) is 9.47 Å². The highest BCUT2D eigenvalue weighted by Crippen LogP contribution is 2.74. The lowest BCUT2D eigenvalue weighted by molar-refractivity contribution is -0.0802. The van der Waals surface area contributed by atoms with Crippen LogP contribution in [0.15, 0.2) is 11.6 Å². The van der Waals surface area contributed by atoms with Crippen molar-refractivity contribution in [3.8, 4) is 0 Å². The molecule has 2 saturated heterocycles. The van der Waals surface area contributed by atoms with E-state index in [9.17, 15) is 0 Å². The van der Waals surface area contributed by atoms with Gasteiger partial charge in [-0.2, -0.15) is 0 Å². The highest BCUT2D eigenvalue weighted by atomic mass is 17.0. The minimum atomic E-state index is -0.229. The molecule has 0 amide bonds. The Morgan fingerprint density at radius 3 is 2.76 bits per heavy atom. The lowest BCUT2D eigenvalue weighted by Crippen LogP contribution is -2.20. The summed E-state index contributed by atoms with van der Waals surface area (Å²) in [7, 11) is 0. The molecule has 2 heteroatoms. The Balaban J connectivity index is 1.49. The molecule has 0 N–H and O–H groups in total. The van der Waals surface area contributed by atoms with Gasteiger partial charge in [-0.15, -0.1) is 0 Å². The van der Waals surface area contributed by atoms with Crippen LogP contribution in [0, 0.1) is 17.8 Å². The summed E-state index contributed by atoms with van der Waals surface area (Å²) in [6.07, 6.45) is 10.4. The number of hydrogen-bond acceptors (Lipinski definition) is 2. The summed E-state index contributed by atoms with van der Waals surface area (Å²) in [5.74, 6) is 2.09. The van der Waals surface area contributed by atoms with E-state index in [0.29, 0.717) is 5.92 Å². The quantitative estimate of drug-likeness (QED) is 0.538. The topological polar surface area (TPSA) is 25.1 Å². The van der Waals surface area contributed by atoms with E-state index in [0.717, 1.165) is 18.3 Å². The molecule has 3 fully saturated rings. The SMILES string of the molecule is CC1CC23OC2(C=C1CC1CCCCC1C)O3. The zero-order valence-corrected chi connectivity index (χ0v) is 10.9. The summed E-state index contributed by atoms with van der Waals surface area (Å²) in [6, 6.07) is 0. The molecule has 2 heterocycles. The normalized spacial score (nSPS) is 55.6. The molecule has 0 spiro atoms. The Kier molecular flexibility index (Phi) is 1.96. The average Bonchev–Trinajstić information content (AvgIpc) is 3.07. The molecular weight excluding hydrogens is 212 g/mol. The van der Waals surface area contributed by atoms with Crippen LogP contribution in [0.1, 0.15) is 52.4 Å². The molecule has 2 aliphatic carbocycles. The van der Waals surface area contributed by atoms with Crippen LogP contribution in [0.2, 0.25) is 0 Å². The van der Waals surface area contributed by atoms with Crippen molar-refractivity contribution in [2.45, 2.75) is 63.9 Å². The van der Waals surface area contributed by atoms with Gasteiger partial charge in [0.1, 0.15) is 0 Å². The fourth-order valence-corrected chi connectivity index (χ4v) is 4.02. The van der Waals surface area contributed by atoms with Crippen LogP contribution in [0.4, 0.5) is 0 Å². The third kappa shape index (κ3) is 1.40.